The van der Waals surface area contributed by atoms with E-state index in [0.717, 1.165) is 37.5 Å². The Hall–Kier alpha value is -1.62. The highest BCUT2D eigenvalue weighted by atomic mass is 16.2. The molecule has 5 heteroatoms. The molecule has 0 spiro atoms. The quantitative estimate of drug-likeness (QED) is 0.924. The second-order valence-electron chi connectivity index (χ2n) is 7.60. The molecule has 0 unspecified atom stereocenters. The van der Waals surface area contributed by atoms with Crippen molar-refractivity contribution in [2.45, 2.75) is 39.5 Å². The summed E-state index contributed by atoms with van der Waals surface area (Å²) in [6, 6.07) is 3.44. The van der Waals surface area contributed by atoms with Crippen LogP contribution in [-0.2, 0) is 0 Å². The zero-order chi connectivity index (χ0) is 17.1. The van der Waals surface area contributed by atoms with Gasteiger partial charge in [0.05, 0.1) is 0 Å². The van der Waals surface area contributed by atoms with E-state index in [9.17, 15) is 9.59 Å². The Morgan fingerprint density at radius 3 is 2.42 bits per heavy atom. The summed E-state index contributed by atoms with van der Waals surface area (Å²) in [4.78, 5) is 31.7. The predicted molar refractivity (Wildman–Crippen MR) is 95.3 cm³/mol. The van der Waals surface area contributed by atoms with Gasteiger partial charge in [-0.15, -0.1) is 0 Å². The van der Waals surface area contributed by atoms with Crippen LogP contribution in [0.5, 0.6) is 0 Å². The molecule has 132 valence electrons. The molecule has 2 aliphatic heterocycles. The minimum Gasteiger partial charge on any atom is -0.338 e. The number of amides is 1. The highest BCUT2D eigenvalue weighted by Gasteiger charge is 2.27. The van der Waals surface area contributed by atoms with Crippen LogP contribution in [0.25, 0.3) is 0 Å². The number of pyridine rings is 1. The molecule has 1 N–H and O–H groups in total. The van der Waals surface area contributed by atoms with E-state index in [-0.39, 0.29) is 17.0 Å². The number of nitrogens with zero attached hydrogens (tertiary/aromatic N) is 2. The lowest BCUT2D eigenvalue weighted by atomic mass is 9.93. The number of hydrogen-bond acceptors (Lipinski definition) is 3. The van der Waals surface area contributed by atoms with Gasteiger partial charge in [0, 0.05) is 25.3 Å². The first kappa shape index (κ1) is 17.2. The lowest BCUT2D eigenvalue weighted by Crippen LogP contribution is -2.44. The number of likely N-dealkylation sites (tertiary alicyclic amines) is 2. The fraction of sp³-hybridized carbons (Fsp3) is 0.684. The van der Waals surface area contributed by atoms with Crippen LogP contribution in [-0.4, -0.2) is 53.4 Å². The van der Waals surface area contributed by atoms with Gasteiger partial charge >= 0.3 is 0 Å². The summed E-state index contributed by atoms with van der Waals surface area (Å²) in [5, 5.41) is 0. The molecule has 2 fully saturated rings. The first-order valence-electron chi connectivity index (χ1n) is 9.24. The van der Waals surface area contributed by atoms with Crippen molar-refractivity contribution < 1.29 is 4.79 Å². The molecule has 2 aliphatic rings. The van der Waals surface area contributed by atoms with Crippen molar-refractivity contribution in [3.05, 3.63) is 33.7 Å². The molecule has 0 radical (unpaired) electrons. The second kappa shape index (κ2) is 7.51. The van der Waals surface area contributed by atoms with E-state index in [4.69, 9.17) is 0 Å². The van der Waals surface area contributed by atoms with E-state index >= 15 is 0 Å². The highest BCUT2D eigenvalue weighted by Crippen LogP contribution is 2.23. The summed E-state index contributed by atoms with van der Waals surface area (Å²) in [5.41, 5.74) is 0.778. The highest BCUT2D eigenvalue weighted by molar-refractivity contribution is 5.93. The van der Waals surface area contributed by atoms with Gasteiger partial charge in [-0.2, -0.15) is 0 Å². The monoisotopic (exact) mass is 331 g/mol. The smallest absolute Gasteiger partial charge is 0.260 e. The zero-order valence-corrected chi connectivity index (χ0v) is 14.9. The zero-order valence-electron chi connectivity index (χ0n) is 14.9. The molecular weight excluding hydrogens is 302 g/mol. The molecule has 0 atom stereocenters. The summed E-state index contributed by atoms with van der Waals surface area (Å²) in [5.74, 6) is 1.42. The Bertz CT molecular complexity index is 624. The first-order chi connectivity index (χ1) is 11.5. The predicted octanol–water partition coefficient (Wildman–Crippen LogP) is 2.27. The Balaban J connectivity index is 1.51. The van der Waals surface area contributed by atoms with E-state index in [1.165, 1.54) is 32.5 Å². The van der Waals surface area contributed by atoms with Crippen molar-refractivity contribution in [1.82, 2.24) is 14.8 Å². The third-order valence-corrected chi connectivity index (χ3v) is 5.58. The minimum atomic E-state index is -0.274. The molecule has 3 rings (SSSR count). The molecule has 1 amide bonds. The van der Waals surface area contributed by atoms with Crippen molar-refractivity contribution in [2.75, 3.05) is 32.7 Å². The van der Waals surface area contributed by atoms with Gasteiger partial charge in [0.1, 0.15) is 5.56 Å². The molecule has 0 bridgehead atoms. The molecule has 0 saturated carbocycles. The van der Waals surface area contributed by atoms with Gasteiger partial charge in [-0.3, -0.25) is 9.59 Å². The molecular formula is C19H29N3O2. The normalized spacial score (nSPS) is 21.2. The number of hydrogen-bond donors (Lipinski definition) is 1. The fourth-order valence-electron chi connectivity index (χ4n) is 3.84. The average molecular weight is 331 g/mol. The number of aryl methyl sites for hydroxylation is 1. The lowest BCUT2D eigenvalue weighted by Gasteiger charge is -2.37. The first-order valence-corrected chi connectivity index (χ1v) is 9.24. The van der Waals surface area contributed by atoms with E-state index in [2.05, 4.69) is 16.8 Å². The molecule has 0 aromatic carbocycles. The van der Waals surface area contributed by atoms with E-state index < -0.39 is 0 Å². The number of aromatic nitrogens is 1. The molecule has 0 aliphatic carbocycles. The van der Waals surface area contributed by atoms with Crippen LogP contribution in [0.2, 0.25) is 0 Å². The summed E-state index contributed by atoms with van der Waals surface area (Å²) >= 11 is 0. The van der Waals surface area contributed by atoms with Gasteiger partial charge in [-0.25, -0.2) is 0 Å². The van der Waals surface area contributed by atoms with Gasteiger partial charge in [-0.1, -0.05) is 6.92 Å². The van der Waals surface area contributed by atoms with Crippen LogP contribution in [0.15, 0.2) is 16.9 Å². The van der Waals surface area contributed by atoms with Crippen molar-refractivity contribution >= 4 is 5.91 Å². The molecule has 1 aromatic rings. The molecule has 5 nitrogen and oxygen atoms in total. The Morgan fingerprint density at radius 2 is 1.79 bits per heavy atom. The van der Waals surface area contributed by atoms with Crippen molar-refractivity contribution in [1.29, 1.82) is 0 Å². The summed E-state index contributed by atoms with van der Waals surface area (Å²) in [7, 11) is 0. The Labute approximate surface area is 144 Å². The maximum atomic E-state index is 12.6. The average Bonchev–Trinajstić information content (AvgIpc) is 2.57. The number of carbonyl (C=O) groups excluding carboxylic acids is 1. The van der Waals surface area contributed by atoms with Gasteiger partial charge in [0.15, 0.2) is 0 Å². The SMILES string of the molecule is Cc1ccc(C(=O)N2CCC(CN3CCC(C)CC3)CC2)c(=O)[nH]1. The van der Waals surface area contributed by atoms with Gasteiger partial charge in [0.2, 0.25) is 0 Å². The topological polar surface area (TPSA) is 56.4 Å². The number of carbonyl (C=O) groups is 1. The second-order valence-corrected chi connectivity index (χ2v) is 7.60. The number of aromatic amines is 1. The summed E-state index contributed by atoms with van der Waals surface area (Å²) in [6.07, 6.45) is 4.71. The number of H-pyrrole nitrogens is 1. The number of piperidine rings is 2. The Kier molecular flexibility index (Phi) is 5.39. The minimum absolute atomic E-state index is 0.124. The standard InChI is InChI=1S/C19H29N3O2/c1-14-5-9-21(10-6-14)13-16-7-11-22(12-8-16)19(24)17-4-3-15(2)20-18(17)23/h3-4,14,16H,5-13H2,1-2H3,(H,20,23). The largest absolute Gasteiger partial charge is 0.338 e. The molecule has 1 aromatic heterocycles. The fourth-order valence-corrected chi connectivity index (χ4v) is 3.84. The molecule has 2 saturated heterocycles. The third-order valence-electron chi connectivity index (χ3n) is 5.58. The Morgan fingerprint density at radius 1 is 1.12 bits per heavy atom. The summed E-state index contributed by atoms with van der Waals surface area (Å²) < 4.78 is 0. The van der Waals surface area contributed by atoms with Crippen LogP contribution in [0.4, 0.5) is 0 Å². The van der Waals surface area contributed by atoms with Crippen molar-refractivity contribution in [2.24, 2.45) is 11.8 Å². The maximum Gasteiger partial charge on any atom is 0.260 e. The molecule has 24 heavy (non-hydrogen) atoms. The van der Waals surface area contributed by atoms with E-state index in [0.29, 0.717) is 5.92 Å². The number of nitrogens with one attached hydrogen (secondary N) is 1. The molecule has 3 heterocycles. The van der Waals surface area contributed by atoms with Crippen LogP contribution >= 0.6 is 0 Å². The van der Waals surface area contributed by atoms with Crippen LogP contribution in [0, 0.1) is 18.8 Å². The van der Waals surface area contributed by atoms with Crippen molar-refractivity contribution in [3.8, 4) is 0 Å². The van der Waals surface area contributed by atoms with E-state index in [1.54, 1.807) is 12.1 Å². The lowest BCUT2D eigenvalue weighted by molar-refractivity contribution is 0.0652. The summed E-state index contributed by atoms with van der Waals surface area (Å²) in [6.45, 7) is 9.30. The van der Waals surface area contributed by atoms with Crippen LogP contribution in [0.1, 0.15) is 48.7 Å². The van der Waals surface area contributed by atoms with Crippen LogP contribution in [0.3, 0.4) is 0 Å². The maximum absolute atomic E-state index is 12.6. The van der Waals surface area contributed by atoms with Gasteiger partial charge in [0.25, 0.3) is 11.5 Å². The van der Waals surface area contributed by atoms with Crippen LogP contribution < -0.4 is 5.56 Å². The van der Waals surface area contributed by atoms with Gasteiger partial charge < -0.3 is 14.8 Å². The third kappa shape index (κ3) is 4.07. The van der Waals surface area contributed by atoms with E-state index in [1.807, 2.05) is 11.8 Å². The number of rotatable bonds is 3. The van der Waals surface area contributed by atoms with Gasteiger partial charge in [-0.05, 0) is 69.7 Å². The van der Waals surface area contributed by atoms with Crippen molar-refractivity contribution in [3.63, 3.8) is 0 Å².